The molecule has 3 N–H and O–H groups in total. The number of aromatic nitrogens is 1. The Bertz CT molecular complexity index is 1100. The molecule has 3 rings (SSSR count). The quantitative estimate of drug-likeness (QED) is 0.474. The maximum absolute atomic E-state index is 13.2. The van der Waals surface area contributed by atoms with Gasteiger partial charge < -0.3 is 16.0 Å². The Hall–Kier alpha value is -3.71. The number of halogens is 2. The van der Waals surface area contributed by atoms with E-state index in [2.05, 4.69) is 20.9 Å². The molecule has 0 unspecified atom stereocenters. The molecule has 2 aromatic carbocycles. The summed E-state index contributed by atoms with van der Waals surface area (Å²) in [6, 6.07) is 12.1. The summed E-state index contributed by atoms with van der Waals surface area (Å²) < 4.78 is 13.2. The number of aryl methyl sites for hydroxylation is 1. The van der Waals surface area contributed by atoms with Gasteiger partial charge in [-0.25, -0.2) is 9.18 Å². The van der Waals surface area contributed by atoms with Crippen LogP contribution in [0.3, 0.4) is 0 Å². The molecule has 152 valence electrons. The standard InChI is InChI=1S/C22H18ClFN4O2/c1-14-4-6-17(27-22(30)26-16-7-8-19(24)18(23)11-16)12-20(14)28-21(29)9-5-15-3-2-10-25-13-15/h2-13H,1H3,(H,28,29)(H2,26,27,30). The highest BCUT2D eigenvalue weighted by molar-refractivity contribution is 6.31. The predicted molar refractivity (Wildman–Crippen MR) is 117 cm³/mol. The molecule has 30 heavy (non-hydrogen) atoms. The fourth-order valence-corrected chi connectivity index (χ4v) is 2.70. The summed E-state index contributed by atoms with van der Waals surface area (Å²) in [6.07, 6.45) is 6.36. The second kappa shape index (κ2) is 9.67. The van der Waals surface area contributed by atoms with E-state index in [1.54, 1.807) is 42.7 Å². The van der Waals surface area contributed by atoms with Gasteiger partial charge in [0.15, 0.2) is 0 Å². The minimum Gasteiger partial charge on any atom is -0.322 e. The second-order valence-corrected chi connectivity index (χ2v) is 6.75. The van der Waals surface area contributed by atoms with E-state index in [0.29, 0.717) is 17.1 Å². The number of carbonyl (C=O) groups excluding carboxylic acids is 2. The number of nitrogens with one attached hydrogen (secondary N) is 3. The number of hydrogen-bond acceptors (Lipinski definition) is 3. The first-order valence-electron chi connectivity index (χ1n) is 8.93. The molecule has 0 aliphatic heterocycles. The highest BCUT2D eigenvalue weighted by atomic mass is 35.5. The molecular weight excluding hydrogens is 407 g/mol. The number of hydrogen-bond donors (Lipinski definition) is 3. The first-order chi connectivity index (χ1) is 14.4. The fraction of sp³-hybridized carbons (Fsp3) is 0.0455. The van der Waals surface area contributed by atoms with Crippen molar-refractivity contribution in [3.63, 3.8) is 0 Å². The lowest BCUT2D eigenvalue weighted by Gasteiger charge is -2.12. The maximum Gasteiger partial charge on any atom is 0.323 e. The summed E-state index contributed by atoms with van der Waals surface area (Å²) in [7, 11) is 0. The highest BCUT2D eigenvalue weighted by Gasteiger charge is 2.08. The molecule has 1 aromatic heterocycles. The molecule has 1 heterocycles. The minimum atomic E-state index is -0.570. The van der Waals surface area contributed by atoms with Crippen LogP contribution in [0.25, 0.3) is 6.08 Å². The van der Waals surface area contributed by atoms with Gasteiger partial charge in [0.1, 0.15) is 5.82 Å². The lowest BCUT2D eigenvalue weighted by Crippen LogP contribution is -2.19. The van der Waals surface area contributed by atoms with Crippen LogP contribution >= 0.6 is 11.6 Å². The highest BCUT2D eigenvalue weighted by Crippen LogP contribution is 2.22. The molecule has 8 heteroatoms. The van der Waals surface area contributed by atoms with Gasteiger partial charge in [-0.15, -0.1) is 0 Å². The van der Waals surface area contributed by atoms with E-state index < -0.39 is 11.8 Å². The number of amides is 3. The Kier molecular flexibility index (Phi) is 6.77. The van der Waals surface area contributed by atoms with Crippen molar-refractivity contribution >= 4 is 46.7 Å². The van der Waals surface area contributed by atoms with Crippen LogP contribution in [0.2, 0.25) is 5.02 Å². The lowest BCUT2D eigenvalue weighted by molar-refractivity contribution is -0.111. The Labute approximate surface area is 177 Å². The molecule has 0 saturated heterocycles. The third-order valence-corrected chi connectivity index (χ3v) is 4.33. The van der Waals surface area contributed by atoms with Gasteiger partial charge in [-0.1, -0.05) is 23.7 Å². The van der Waals surface area contributed by atoms with E-state index in [1.807, 2.05) is 13.0 Å². The average molecular weight is 425 g/mol. The summed E-state index contributed by atoms with van der Waals surface area (Å²) in [6.45, 7) is 1.84. The van der Waals surface area contributed by atoms with Crippen molar-refractivity contribution in [3.05, 3.63) is 89.0 Å². The van der Waals surface area contributed by atoms with Crippen molar-refractivity contribution in [2.24, 2.45) is 0 Å². The fourth-order valence-electron chi connectivity index (χ4n) is 2.52. The number of urea groups is 1. The summed E-state index contributed by atoms with van der Waals surface area (Å²) in [5.41, 5.74) is 3.00. The van der Waals surface area contributed by atoms with Gasteiger partial charge in [-0.2, -0.15) is 0 Å². The topological polar surface area (TPSA) is 83.1 Å². The molecule has 0 saturated carbocycles. The zero-order valence-corrected chi connectivity index (χ0v) is 16.7. The summed E-state index contributed by atoms with van der Waals surface area (Å²) in [5, 5.41) is 7.92. The average Bonchev–Trinajstić information content (AvgIpc) is 2.72. The van der Waals surface area contributed by atoms with Crippen LogP contribution < -0.4 is 16.0 Å². The number of benzene rings is 2. The minimum absolute atomic E-state index is 0.0903. The van der Waals surface area contributed by atoms with Crippen molar-refractivity contribution in [2.75, 3.05) is 16.0 Å². The van der Waals surface area contributed by atoms with E-state index in [0.717, 1.165) is 17.2 Å². The monoisotopic (exact) mass is 424 g/mol. The molecule has 0 bridgehead atoms. The number of carbonyl (C=O) groups is 2. The van der Waals surface area contributed by atoms with Crippen molar-refractivity contribution in [1.29, 1.82) is 0 Å². The van der Waals surface area contributed by atoms with Gasteiger partial charge in [0.2, 0.25) is 5.91 Å². The SMILES string of the molecule is Cc1ccc(NC(=O)Nc2ccc(F)c(Cl)c2)cc1NC(=O)C=Cc1cccnc1. The summed E-state index contributed by atoms with van der Waals surface area (Å²) >= 11 is 5.71. The predicted octanol–water partition coefficient (Wildman–Crippen LogP) is 5.48. The number of nitrogens with zero attached hydrogens (tertiary/aromatic N) is 1. The molecule has 3 aromatic rings. The zero-order chi connectivity index (χ0) is 21.5. The van der Waals surface area contributed by atoms with Crippen molar-refractivity contribution in [1.82, 2.24) is 4.98 Å². The largest absolute Gasteiger partial charge is 0.323 e. The van der Waals surface area contributed by atoms with Crippen LogP contribution in [-0.2, 0) is 4.79 Å². The van der Waals surface area contributed by atoms with Crippen LogP contribution in [0.1, 0.15) is 11.1 Å². The normalized spacial score (nSPS) is 10.6. The molecule has 0 atom stereocenters. The van der Waals surface area contributed by atoms with Crippen LogP contribution in [0, 0.1) is 12.7 Å². The van der Waals surface area contributed by atoms with E-state index >= 15 is 0 Å². The lowest BCUT2D eigenvalue weighted by atomic mass is 10.1. The first kappa shape index (κ1) is 21.0. The Morgan fingerprint density at radius 1 is 1.03 bits per heavy atom. The molecular formula is C22H18ClFN4O2. The number of pyridine rings is 1. The number of anilines is 3. The molecule has 0 aliphatic carbocycles. The molecule has 0 aliphatic rings. The van der Waals surface area contributed by atoms with Gasteiger partial charge in [0, 0.05) is 35.5 Å². The Morgan fingerprint density at radius 3 is 2.47 bits per heavy atom. The van der Waals surface area contributed by atoms with Gasteiger partial charge in [-0.3, -0.25) is 9.78 Å². The smallest absolute Gasteiger partial charge is 0.322 e. The van der Waals surface area contributed by atoms with E-state index in [4.69, 9.17) is 11.6 Å². The Morgan fingerprint density at radius 2 is 1.77 bits per heavy atom. The van der Waals surface area contributed by atoms with Gasteiger partial charge >= 0.3 is 6.03 Å². The first-order valence-corrected chi connectivity index (χ1v) is 9.31. The molecule has 3 amide bonds. The molecule has 0 fully saturated rings. The molecule has 0 spiro atoms. The van der Waals surface area contributed by atoms with Gasteiger partial charge in [0.05, 0.1) is 5.02 Å². The van der Waals surface area contributed by atoms with E-state index in [9.17, 15) is 14.0 Å². The van der Waals surface area contributed by atoms with Crippen molar-refractivity contribution in [3.8, 4) is 0 Å². The van der Waals surface area contributed by atoms with E-state index in [1.165, 1.54) is 18.2 Å². The van der Waals surface area contributed by atoms with Crippen LogP contribution in [0.15, 0.2) is 67.0 Å². The molecule has 6 nitrogen and oxygen atoms in total. The Balaban J connectivity index is 1.64. The van der Waals surface area contributed by atoms with Crippen LogP contribution in [0.4, 0.5) is 26.2 Å². The summed E-state index contributed by atoms with van der Waals surface area (Å²) in [4.78, 5) is 28.4. The number of rotatable bonds is 5. The third-order valence-electron chi connectivity index (χ3n) is 4.04. The van der Waals surface area contributed by atoms with Crippen molar-refractivity contribution in [2.45, 2.75) is 6.92 Å². The maximum atomic E-state index is 13.2. The molecule has 0 radical (unpaired) electrons. The van der Waals surface area contributed by atoms with Crippen molar-refractivity contribution < 1.29 is 14.0 Å². The zero-order valence-electron chi connectivity index (χ0n) is 15.9. The second-order valence-electron chi connectivity index (χ2n) is 6.35. The summed E-state index contributed by atoms with van der Waals surface area (Å²) in [5.74, 6) is -0.886. The van der Waals surface area contributed by atoms with E-state index in [-0.39, 0.29) is 10.9 Å². The van der Waals surface area contributed by atoms with Gasteiger partial charge in [0.25, 0.3) is 0 Å². The van der Waals surface area contributed by atoms with Crippen LogP contribution in [0.5, 0.6) is 0 Å². The third kappa shape index (κ3) is 5.89. The van der Waals surface area contributed by atoms with Gasteiger partial charge in [-0.05, 0) is 60.5 Å². The van der Waals surface area contributed by atoms with Crippen LogP contribution in [-0.4, -0.2) is 16.9 Å².